The number of amides is 2. The molecule has 1 aromatic rings. The van der Waals surface area contributed by atoms with Crippen LogP contribution in [-0.2, 0) is 0 Å². The molecule has 2 amide bonds. The Morgan fingerprint density at radius 3 is 3.11 bits per heavy atom. The Bertz CT molecular complexity index is 493. The highest BCUT2D eigenvalue weighted by Crippen LogP contribution is 2.22. The summed E-state index contributed by atoms with van der Waals surface area (Å²) < 4.78 is 13.9. The van der Waals surface area contributed by atoms with E-state index in [2.05, 4.69) is 10.3 Å². The molecule has 0 radical (unpaired) electrons. The van der Waals surface area contributed by atoms with Gasteiger partial charge in [0.15, 0.2) is 11.6 Å². The Hall–Kier alpha value is -1.85. The van der Waals surface area contributed by atoms with E-state index in [1.807, 2.05) is 16.7 Å². The first-order valence-electron chi connectivity index (χ1n) is 6.07. The molecule has 5 nitrogen and oxygen atoms in total. The Labute approximate surface area is 105 Å². The van der Waals surface area contributed by atoms with Crippen molar-refractivity contribution in [2.75, 3.05) is 31.1 Å². The van der Waals surface area contributed by atoms with Crippen LogP contribution in [0.3, 0.4) is 0 Å². The molecule has 2 fully saturated rings. The molecule has 2 aliphatic rings. The Morgan fingerprint density at radius 1 is 1.50 bits per heavy atom. The van der Waals surface area contributed by atoms with Crippen molar-refractivity contribution in [3.8, 4) is 0 Å². The zero-order valence-corrected chi connectivity index (χ0v) is 10.2. The largest absolute Gasteiger partial charge is 0.350 e. The fourth-order valence-corrected chi connectivity index (χ4v) is 2.56. The number of pyridine rings is 1. The molecule has 2 saturated heterocycles. The van der Waals surface area contributed by atoms with Gasteiger partial charge >= 0.3 is 6.03 Å². The van der Waals surface area contributed by atoms with Crippen molar-refractivity contribution >= 4 is 11.8 Å². The summed E-state index contributed by atoms with van der Waals surface area (Å²) >= 11 is 0. The van der Waals surface area contributed by atoms with E-state index in [-0.39, 0.29) is 17.9 Å². The SMILES string of the molecule is Cc1cnc(N2CCN3C(=O)NC[C@H]3C2)c(F)c1. The van der Waals surface area contributed by atoms with Gasteiger partial charge in [0.1, 0.15) is 0 Å². The first kappa shape index (κ1) is 11.3. The van der Waals surface area contributed by atoms with Crippen molar-refractivity contribution in [2.45, 2.75) is 13.0 Å². The van der Waals surface area contributed by atoms with Gasteiger partial charge in [-0.05, 0) is 18.6 Å². The van der Waals surface area contributed by atoms with Crippen molar-refractivity contribution in [2.24, 2.45) is 0 Å². The number of carbonyl (C=O) groups is 1. The smallest absolute Gasteiger partial charge is 0.317 e. The van der Waals surface area contributed by atoms with Crippen LogP contribution in [0.5, 0.6) is 0 Å². The highest BCUT2D eigenvalue weighted by molar-refractivity contribution is 5.77. The van der Waals surface area contributed by atoms with Crippen LogP contribution in [0.15, 0.2) is 12.3 Å². The summed E-state index contributed by atoms with van der Waals surface area (Å²) in [4.78, 5) is 19.4. The minimum Gasteiger partial charge on any atom is -0.350 e. The normalized spacial score (nSPS) is 23.0. The van der Waals surface area contributed by atoms with Crippen LogP contribution in [-0.4, -0.2) is 48.1 Å². The summed E-state index contributed by atoms with van der Waals surface area (Å²) in [6.07, 6.45) is 1.67. The van der Waals surface area contributed by atoms with Crippen LogP contribution in [0.25, 0.3) is 0 Å². The van der Waals surface area contributed by atoms with Gasteiger partial charge in [-0.25, -0.2) is 14.2 Å². The summed E-state index contributed by atoms with van der Waals surface area (Å²) in [6.45, 7) is 4.31. The number of fused-ring (bicyclic) bond motifs is 1. The molecular formula is C12H15FN4O. The number of hydrogen-bond acceptors (Lipinski definition) is 3. The maximum Gasteiger partial charge on any atom is 0.317 e. The molecule has 0 saturated carbocycles. The molecule has 6 heteroatoms. The lowest BCUT2D eigenvalue weighted by molar-refractivity contribution is 0.197. The average molecular weight is 250 g/mol. The number of urea groups is 1. The van der Waals surface area contributed by atoms with Gasteiger partial charge in [0, 0.05) is 32.4 Å². The first-order chi connectivity index (χ1) is 8.65. The van der Waals surface area contributed by atoms with Crippen molar-refractivity contribution < 1.29 is 9.18 Å². The molecule has 1 aromatic heterocycles. The second-order valence-corrected chi connectivity index (χ2v) is 4.80. The monoisotopic (exact) mass is 250 g/mol. The van der Waals surface area contributed by atoms with Gasteiger partial charge in [-0.3, -0.25) is 0 Å². The van der Waals surface area contributed by atoms with Crippen LogP contribution in [0.4, 0.5) is 15.0 Å². The molecule has 96 valence electrons. The van der Waals surface area contributed by atoms with Crippen molar-refractivity contribution in [3.05, 3.63) is 23.6 Å². The van der Waals surface area contributed by atoms with E-state index in [1.54, 1.807) is 6.20 Å². The highest BCUT2D eigenvalue weighted by Gasteiger charge is 2.36. The fourth-order valence-electron chi connectivity index (χ4n) is 2.56. The minimum absolute atomic E-state index is 0.0167. The van der Waals surface area contributed by atoms with Crippen LogP contribution >= 0.6 is 0 Å². The van der Waals surface area contributed by atoms with Crippen molar-refractivity contribution in [1.82, 2.24) is 15.2 Å². The number of piperazine rings is 1. The second-order valence-electron chi connectivity index (χ2n) is 4.80. The minimum atomic E-state index is -0.291. The van der Waals surface area contributed by atoms with E-state index in [0.29, 0.717) is 32.0 Å². The third kappa shape index (κ3) is 1.77. The predicted molar refractivity (Wildman–Crippen MR) is 65.0 cm³/mol. The maximum atomic E-state index is 13.9. The molecule has 0 bridgehead atoms. The fraction of sp³-hybridized carbons (Fsp3) is 0.500. The number of halogens is 1. The first-order valence-corrected chi connectivity index (χ1v) is 6.07. The molecule has 0 aromatic carbocycles. The van der Waals surface area contributed by atoms with E-state index in [9.17, 15) is 9.18 Å². The van der Waals surface area contributed by atoms with Gasteiger partial charge in [-0.15, -0.1) is 0 Å². The Kier molecular flexibility index (Phi) is 2.57. The van der Waals surface area contributed by atoms with Gasteiger partial charge < -0.3 is 15.1 Å². The lowest BCUT2D eigenvalue weighted by Gasteiger charge is -2.37. The Morgan fingerprint density at radius 2 is 2.33 bits per heavy atom. The number of carbonyl (C=O) groups excluding carboxylic acids is 1. The molecule has 2 aliphatic heterocycles. The zero-order chi connectivity index (χ0) is 12.7. The van der Waals surface area contributed by atoms with Crippen LogP contribution in [0, 0.1) is 12.7 Å². The van der Waals surface area contributed by atoms with E-state index >= 15 is 0 Å². The predicted octanol–water partition coefficient (Wildman–Crippen LogP) is 0.743. The molecule has 1 atom stereocenters. The number of nitrogens with zero attached hydrogens (tertiary/aromatic N) is 3. The summed E-state index contributed by atoms with van der Waals surface area (Å²) in [5.74, 6) is 0.0975. The third-order valence-electron chi connectivity index (χ3n) is 3.49. The van der Waals surface area contributed by atoms with Gasteiger partial charge in [0.25, 0.3) is 0 Å². The van der Waals surface area contributed by atoms with Gasteiger partial charge in [-0.1, -0.05) is 0 Å². The van der Waals surface area contributed by atoms with E-state index in [1.165, 1.54) is 6.07 Å². The topological polar surface area (TPSA) is 48.5 Å². The van der Waals surface area contributed by atoms with Crippen molar-refractivity contribution in [1.29, 1.82) is 0 Å². The average Bonchev–Trinajstić information content (AvgIpc) is 2.71. The van der Waals surface area contributed by atoms with E-state index in [0.717, 1.165) is 5.56 Å². The summed E-state index contributed by atoms with van der Waals surface area (Å²) in [5.41, 5.74) is 0.813. The number of aromatic nitrogens is 1. The van der Waals surface area contributed by atoms with Crippen LogP contribution in [0.2, 0.25) is 0 Å². The summed E-state index contributed by atoms with van der Waals surface area (Å²) in [5, 5.41) is 2.80. The summed E-state index contributed by atoms with van der Waals surface area (Å²) in [7, 11) is 0. The number of aryl methyl sites for hydroxylation is 1. The molecule has 3 heterocycles. The molecule has 1 N–H and O–H groups in total. The molecule has 0 spiro atoms. The molecule has 18 heavy (non-hydrogen) atoms. The lowest BCUT2D eigenvalue weighted by atomic mass is 10.2. The highest BCUT2D eigenvalue weighted by atomic mass is 19.1. The quantitative estimate of drug-likeness (QED) is 0.800. The van der Waals surface area contributed by atoms with Crippen LogP contribution in [0.1, 0.15) is 5.56 Å². The maximum absolute atomic E-state index is 13.9. The molecule has 0 aliphatic carbocycles. The van der Waals surface area contributed by atoms with Gasteiger partial charge in [-0.2, -0.15) is 0 Å². The third-order valence-corrected chi connectivity index (χ3v) is 3.49. The number of anilines is 1. The lowest BCUT2D eigenvalue weighted by Crippen LogP contribution is -2.52. The van der Waals surface area contributed by atoms with Gasteiger partial charge in [0.05, 0.1) is 6.04 Å². The van der Waals surface area contributed by atoms with Crippen molar-refractivity contribution in [3.63, 3.8) is 0 Å². The van der Waals surface area contributed by atoms with Gasteiger partial charge in [0.2, 0.25) is 0 Å². The second kappa shape index (κ2) is 4.12. The number of hydrogen-bond donors (Lipinski definition) is 1. The Balaban J connectivity index is 1.80. The molecular weight excluding hydrogens is 235 g/mol. The number of nitrogens with one attached hydrogen (secondary N) is 1. The standard InChI is InChI=1S/C12H15FN4O/c1-8-4-10(13)11(14-5-8)16-2-3-17-9(7-16)6-15-12(17)18/h4-5,9H,2-3,6-7H2,1H3,(H,15,18)/t9-/m0/s1. The van der Waals surface area contributed by atoms with E-state index in [4.69, 9.17) is 0 Å². The molecule has 3 rings (SSSR count). The summed E-state index contributed by atoms with van der Waals surface area (Å²) in [6, 6.07) is 1.60. The zero-order valence-electron chi connectivity index (χ0n) is 10.2. The van der Waals surface area contributed by atoms with Crippen LogP contribution < -0.4 is 10.2 Å². The molecule has 0 unspecified atom stereocenters. The number of rotatable bonds is 1. The van der Waals surface area contributed by atoms with E-state index < -0.39 is 0 Å².